The van der Waals surface area contributed by atoms with Crippen molar-refractivity contribution in [2.24, 2.45) is 0 Å². The van der Waals surface area contributed by atoms with Crippen molar-refractivity contribution in [3.8, 4) is 0 Å². The summed E-state index contributed by atoms with van der Waals surface area (Å²) in [5.74, 6) is 0.868. The van der Waals surface area contributed by atoms with E-state index in [4.69, 9.17) is 0 Å². The van der Waals surface area contributed by atoms with E-state index in [0.29, 0.717) is 0 Å². The molecule has 0 aliphatic heterocycles. The zero-order valence-corrected chi connectivity index (χ0v) is 14.7. The van der Waals surface area contributed by atoms with Crippen LogP contribution in [0.5, 0.6) is 0 Å². The third-order valence-electron chi connectivity index (χ3n) is 1.81. The van der Waals surface area contributed by atoms with Crippen LogP contribution < -0.4 is 0 Å². The van der Waals surface area contributed by atoms with Crippen molar-refractivity contribution in [1.82, 2.24) is 0 Å². The first-order valence-electron chi connectivity index (χ1n) is 6.79. The molecule has 0 spiro atoms. The summed E-state index contributed by atoms with van der Waals surface area (Å²) in [6, 6.07) is 0. The Morgan fingerprint density at radius 1 is 0.579 bits per heavy atom. The van der Waals surface area contributed by atoms with Crippen LogP contribution in [0.3, 0.4) is 0 Å². The number of hydrogen-bond acceptors (Lipinski definition) is 3. The number of ketones is 3. The van der Waals surface area contributed by atoms with Crippen LogP contribution in [-0.4, -0.2) is 34.7 Å². The van der Waals surface area contributed by atoms with Gasteiger partial charge in [-0.25, -0.2) is 0 Å². The van der Waals surface area contributed by atoms with Crippen molar-refractivity contribution < 1.29 is 14.4 Å². The van der Waals surface area contributed by atoms with Crippen LogP contribution in [0.25, 0.3) is 0 Å². The SMILES string of the molecule is CCCC(C)=O.CCCC(C)=O.CCCC(C)=O.[Al]. The summed E-state index contributed by atoms with van der Waals surface area (Å²) >= 11 is 0. The van der Waals surface area contributed by atoms with Crippen LogP contribution in [0.2, 0.25) is 0 Å². The molecule has 0 aromatic carbocycles. The van der Waals surface area contributed by atoms with Gasteiger partial charge in [0, 0.05) is 36.6 Å². The van der Waals surface area contributed by atoms with Crippen molar-refractivity contribution in [3.63, 3.8) is 0 Å². The Labute approximate surface area is 129 Å². The molecule has 0 heterocycles. The predicted molar refractivity (Wildman–Crippen MR) is 82.5 cm³/mol. The average molecular weight is 285 g/mol. The molecular formula is C15H30AlO3. The molecule has 4 heteroatoms. The van der Waals surface area contributed by atoms with Crippen molar-refractivity contribution in [1.29, 1.82) is 0 Å². The van der Waals surface area contributed by atoms with Gasteiger partial charge < -0.3 is 14.4 Å². The molecule has 0 N–H and O–H groups in total. The van der Waals surface area contributed by atoms with Crippen molar-refractivity contribution in [2.45, 2.75) is 80.1 Å². The highest BCUT2D eigenvalue weighted by atomic mass is 27.0. The largest absolute Gasteiger partial charge is 0.300 e. The molecule has 0 amide bonds. The van der Waals surface area contributed by atoms with Crippen molar-refractivity contribution in [2.75, 3.05) is 0 Å². The monoisotopic (exact) mass is 285 g/mol. The Balaban J connectivity index is -0.0000000865. The Morgan fingerprint density at radius 2 is 0.737 bits per heavy atom. The topological polar surface area (TPSA) is 51.2 Å². The minimum Gasteiger partial charge on any atom is -0.300 e. The van der Waals surface area contributed by atoms with E-state index in [9.17, 15) is 14.4 Å². The van der Waals surface area contributed by atoms with Crippen LogP contribution in [0.1, 0.15) is 80.1 Å². The van der Waals surface area contributed by atoms with Gasteiger partial charge in [-0.1, -0.05) is 20.8 Å². The normalized spacial score (nSPS) is 7.89. The van der Waals surface area contributed by atoms with Crippen molar-refractivity contribution in [3.05, 3.63) is 0 Å². The van der Waals surface area contributed by atoms with Gasteiger partial charge in [-0.3, -0.25) is 0 Å². The highest BCUT2D eigenvalue weighted by molar-refractivity contribution is 5.76. The fourth-order valence-electron chi connectivity index (χ4n) is 1.06. The van der Waals surface area contributed by atoms with Crippen LogP contribution in [-0.2, 0) is 14.4 Å². The summed E-state index contributed by atoms with van der Waals surface area (Å²) in [6.07, 6.45) is 5.15. The van der Waals surface area contributed by atoms with Gasteiger partial charge in [0.2, 0.25) is 0 Å². The van der Waals surface area contributed by atoms with Crippen LogP contribution in [0.4, 0.5) is 0 Å². The number of carbonyl (C=O) groups excluding carboxylic acids is 3. The minimum absolute atomic E-state index is 0. The Bertz CT molecular complexity index is 187. The van der Waals surface area contributed by atoms with Gasteiger partial charge in [0.25, 0.3) is 0 Å². The lowest BCUT2D eigenvalue weighted by molar-refractivity contribution is -0.117. The van der Waals surface area contributed by atoms with Gasteiger partial charge in [0.15, 0.2) is 0 Å². The zero-order chi connectivity index (χ0) is 15.0. The van der Waals surface area contributed by atoms with Crippen LogP contribution in [0, 0.1) is 0 Å². The predicted octanol–water partition coefficient (Wildman–Crippen LogP) is 3.75. The fraction of sp³-hybridized carbons (Fsp3) is 0.800. The molecular weight excluding hydrogens is 255 g/mol. The molecule has 0 rings (SSSR count). The quantitative estimate of drug-likeness (QED) is 0.698. The summed E-state index contributed by atoms with van der Waals surface area (Å²) in [5.41, 5.74) is 0. The number of hydrogen-bond donors (Lipinski definition) is 0. The molecule has 0 aromatic heterocycles. The van der Waals surface area contributed by atoms with E-state index in [1.165, 1.54) is 0 Å². The molecule has 0 aliphatic carbocycles. The summed E-state index contributed by atoms with van der Waals surface area (Å²) in [5, 5.41) is 0. The molecule has 0 aliphatic rings. The molecule has 111 valence electrons. The highest BCUT2D eigenvalue weighted by Gasteiger charge is 1.84. The Morgan fingerprint density at radius 3 is 0.737 bits per heavy atom. The smallest absolute Gasteiger partial charge is 0.129 e. The van der Waals surface area contributed by atoms with E-state index in [-0.39, 0.29) is 34.7 Å². The maximum absolute atomic E-state index is 10.0. The van der Waals surface area contributed by atoms with Gasteiger partial charge in [-0.2, -0.15) is 0 Å². The third-order valence-corrected chi connectivity index (χ3v) is 1.81. The maximum atomic E-state index is 10.0. The highest BCUT2D eigenvalue weighted by Crippen LogP contribution is 1.85. The van der Waals surface area contributed by atoms with Crippen LogP contribution >= 0.6 is 0 Å². The summed E-state index contributed by atoms with van der Waals surface area (Å²) in [7, 11) is 0. The first kappa shape index (κ1) is 27.0. The molecule has 3 radical (unpaired) electrons. The summed E-state index contributed by atoms with van der Waals surface area (Å²) < 4.78 is 0. The number of Topliss-reactive ketones (excluding diaryl/α,β-unsaturated/α-hetero) is 3. The van der Waals surface area contributed by atoms with Crippen LogP contribution in [0.15, 0.2) is 0 Å². The molecule has 0 bridgehead atoms. The first-order chi connectivity index (χ1) is 8.31. The van der Waals surface area contributed by atoms with E-state index in [0.717, 1.165) is 38.5 Å². The standard InChI is InChI=1S/3C5H10O.Al/c3*1-3-4-5(2)6;/h3*3-4H2,1-2H3;. The molecule has 0 atom stereocenters. The van der Waals surface area contributed by atoms with E-state index < -0.39 is 0 Å². The van der Waals surface area contributed by atoms with Gasteiger partial charge >= 0.3 is 0 Å². The lowest BCUT2D eigenvalue weighted by Gasteiger charge is -1.80. The number of carbonyl (C=O) groups is 3. The molecule has 0 fully saturated rings. The average Bonchev–Trinajstić information content (AvgIpc) is 2.18. The van der Waals surface area contributed by atoms with E-state index in [2.05, 4.69) is 0 Å². The van der Waals surface area contributed by atoms with E-state index in [1.54, 1.807) is 20.8 Å². The summed E-state index contributed by atoms with van der Waals surface area (Å²) in [4.78, 5) is 30.1. The third kappa shape index (κ3) is 58.1. The van der Waals surface area contributed by atoms with Crippen molar-refractivity contribution >= 4 is 34.7 Å². The molecule has 0 unspecified atom stereocenters. The Hall–Kier alpha value is -0.458. The fourth-order valence-corrected chi connectivity index (χ4v) is 1.06. The molecule has 0 aromatic rings. The first-order valence-corrected chi connectivity index (χ1v) is 6.79. The minimum atomic E-state index is 0. The number of rotatable bonds is 6. The summed E-state index contributed by atoms with van der Waals surface area (Å²) in [6.45, 7) is 10.8. The lowest BCUT2D eigenvalue weighted by atomic mass is 10.3. The molecule has 0 saturated heterocycles. The zero-order valence-electron chi connectivity index (χ0n) is 13.5. The molecule has 0 saturated carbocycles. The van der Waals surface area contributed by atoms with Gasteiger partial charge in [-0.15, -0.1) is 0 Å². The van der Waals surface area contributed by atoms with Gasteiger partial charge in [-0.05, 0) is 40.0 Å². The van der Waals surface area contributed by atoms with Gasteiger partial charge in [0.1, 0.15) is 17.3 Å². The second-order valence-corrected chi connectivity index (χ2v) is 4.36. The van der Waals surface area contributed by atoms with E-state index in [1.807, 2.05) is 20.8 Å². The van der Waals surface area contributed by atoms with E-state index >= 15 is 0 Å². The molecule has 19 heavy (non-hydrogen) atoms. The second kappa shape index (κ2) is 22.7. The maximum Gasteiger partial charge on any atom is 0.129 e. The Kier molecular flexibility index (Phi) is 32.2. The second-order valence-electron chi connectivity index (χ2n) is 4.36. The lowest BCUT2D eigenvalue weighted by Crippen LogP contribution is -1.84. The van der Waals surface area contributed by atoms with Gasteiger partial charge in [0.05, 0.1) is 0 Å². The molecule has 3 nitrogen and oxygen atoms in total.